The maximum atomic E-state index is 11.8. The molecule has 0 atom stereocenters. The van der Waals surface area contributed by atoms with E-state index in [1.807, 2.05) is 24.3 Å². The predicted octanol–water partition coefficient (Wildman–Crippen LogP) is 3.46. The van der Waals surface area contributed by atoms with E-state index in [2.05, 4.69) is 21.2 Å². The van der Waals surface area contributed by atoms with Crippen LogP contribution in [-0.4, -0.2) is 24.7 Å². The second-order valence-corrected chi connectivity index (χ2v) is 6.74. The molecule has 116 valence electrons. The molecule has 1 fully saturated rings. The van der Waals surface area contributed by atoms with Crippen molar-refractivity contribution < 1.29 is 9.53 Å². The normalized spacial score (nSPS) is 18.0. The van der Waals surface area contributed by atoms with Gasteiger partial charge in [-0.25, -0.2) is 0 Å². The van der Waals surface area contributed by atoms with Crippen molar-refractivity contribution in [1.82, 2.24) is 0 Å². The number of ether oxygens (including phenoxy) is 1. The van der Waals surface area contributed by atoms with Crippen LogP contribution in [0.3, 0.4) is 0 Å². The Balaban J connectivity index is 1.72. The molecule has 0 aromatic heterocycles. The van der Waals surface area contributed by atoms with Crippen molar-refractivity contribution in [2.24, 2.45) is 5.73 Å². The van der Waals surface area contributed by atoms with E-state index < -0.39 is 0 Å². The number of carbonyl (C=O) groups is 1. The lowest BCUT2D eigenvalue weighted by atomic mass is 9.93. The van der Waals surface area contributed by atoms with Gasteiger partial charge in [0, 0.05) is 15.7 Å². The van der Waals surface area contributed by atoms with Crippen LogP contribution in [0, 0.1) is 0 Å². The quantitative estimate of drug-likeness (QED) is 0.795. The number of hydrogen-bond acceptors (Lipinski definition) is 3. The third kappa shape index (κ3) is 5.77. The highest BCUT2D eigenvalue weighted by Crippen LogP contribution is 2.25. The fourth-order valence-corrected chi connectivity index (χ4v) is 2.92. The molecule has 5 heteroatoms. The van der Waals surface area contributed by atoms with Gasteiger partial charge >= 0.3 is 0 Å². The minimum atomic E-state index is -0.256. The summed E-state index contributed by atoms with van der Waals surface area (Å²) in [6, 6.07) is 7.46. The Labute approximate surface area is 134 Å². The average molecular weight is 355 g/mol. The summed E-state index contributed by atoms with van der Waals surface area (Å²) in [6.45, 7) is 0.510. The number of nitrogens with two attached hydrogens (primary N) is 1. The topological polar surface area (TPSA) is 64.3 Å². The van der Waals surface area contributed by atoms with E-state index in [0.717, 1.165) is 35.8 Å². The van der Waals surface area contributed by atoms with Crippen molar-refractivity contribution in [2.75, 3.05) is 18.5 Å². The summed E-state index contributed by atoms with van der Waals surface area (Å²) in [7, 11) is 0. The molecule has 21 heavy (non-hydrogen) atoms. The molecule has 1 aliphatic carbocycles. The Bertz CT molecular complexity index is 454. The first-order valence-electron chi connectivity index (χ1n) is 7.49. The Morgan fingerprint density at radius 1 is 1.19 bits per heavy atom. The van der Waals surface area contributed by atoms with Gasteiger partial charge in [0.05, 0.1) is 6.61 Å². The number of amides is 1. The van der Waals surface area contributed by atoms with Crippen LogP contribution in [0.15, 0.2) is 28.7 Å². The van der Waals surface area contributed by atoms with E-state index in [4.69, 9.17) is 10.5 Å². The zero-order valence-corrected chi connectivity index (χ0v) is 13.8. The van der Waals surface area contributed by atoms with Gasteiger partial charge in [-0.1, -0.05) is 41.6 Å². The van der Waals surface area contributed by atoms with Gasteiger partial charge in [-0.05, 0) is 37.1 Å². The van der Waals surface area contributed by atoms with E-state index in [9.17, 15) is 4.79 Å². The zero-order valence-electron chi connectivity index (χ0n) is 12.2. The number of benzene rings is 1. The zero-order chi connectivity index (χ0) is 15.1. The molecule has 0 spiro atoms. The van der Waals surface area contributed by atoms with Crippen molar-refractivity contribution in [3.05, 3.63) is 28.7 Å². The highest BCUT2D eigenvalue weighted by molar-refractivity contribution is 9.10. The number of rotatable bonds is 5. The first kappa shape index (κ1) is 16.5. The Hall–Kier alpha value is -0.910. The van der Waals surface area contributed by atoms with Gasteiger partial charge in [0.2, 0.25) is 5.91 Å². The molecular weight excluding hydrogens is 332 g/mol. The minimum Gasteiger partial charge on any atom is -0.370 e. The number of hydrogen-bond donors (Lipinski definition) is 2. The third-order valence-corrected chi connectivity index (χ3v) is 4.38. The molecule has 1 saturated carbocycles. The van der Waals surface area contributed by atoms with Crippen LogP contribution in [0.2, 0.25) is 0 Å². The van der Waals surface area contributed by atoms with E-state index in [0.29, 0.717) is 6.61 Å². The SMILES string of the molecule is NC1(COCC(=O)Nc2ccc(Br)cc2)CCCCCC1. The van der Waals surface area contributed by atoms with Crippen LogP contribution < -0.4 is 11.1 Å². The van der Waals surface area contributed by atoms with Gasteiger partial charge in [0.15, 0.2) is 0 Å². The molecular formula is C16H23BrN2O2. The minimum absolute atomic E-state index is 0.0506. The van der Waals surface area contributed by atoms with Crippen LogP contribution in [-0.2, 0) is 9.53 Å². The standard InChI is InChI=1S/C16H23BrN2O2/c17-13-5-7-14(8-6-13)19-15(20)11-21-12-16(18)9-3-1-2-4-10-16/h5-8H,1-4,9-12,18H2,(H,19,20). The number of carbonyl (C=O) groups excluding carboxylic acids is 1. The van der Waals surface area contributed by atoms with Gasteiger partial charge < -0.3 is 15.8 Å². The van der Waals surface area contributed by atoms with Crippen molar-refractivity contribution >= 4 is 27.5 Å². The fraction of sp³-hybridized carbons (Fsp3) is 0.562. The van der Waals surface area contributed by atoms with Gasteiger partial charge in [-0.15, -0.1) is 0 Å². The molecule has 0 unspecified atom stereocenters. The molecule has 2 rings (SSSR count). The summed E-state index contributed by atoms with van der Waals surface area (Å²) in [5.74, 6) is -0.144. The monoisotopic (exact) mass is 354 g/mol. The lowest BCUT2D eigenvalue weighted by Crippen LogP contribution is -2.44. The molecule has 1 amide bonds. The van der Waals surface area contributed by atoms with E-state index >= 15 is 0 Å². The average Bonchev–Trinajstić information content (AvgIpc) is 2.66. The number of nitrogens with one attached hydrogen (secondary N) is 1. The fourth-order valence-electron chi connectivity index (χ4n) is 2.65. The molecule has 1 aromatic rings. The second-order valence-electron chi connectivity index (χ2n) is 5.82. The largest absolute Gasteiger partial charge is 0.370 e. The predicted molar refractivity (Wildman–Crippen MR) is 88.2 cm³/mol. The highest BCUT2D eigenvalue weighted by atomic mass is 79.9. The van der Waals surface area contributed by atoms with Crippen LogP contribution in [0.4, 0.5) is 5.69 Å². The summed E-state index contributed by atoms with van der Waals surface area (Å²) in [5.41, 5.74) is 6.86. The molecule has 0 heterocycles. The van der Waals surface area contributed by atoms with Crippen molar-refractivity contribution in [3.63, 3.8) is 0 Å². The first-order valence-corrected chi connectivity index (χ1v) is 8.29. The lowest BCUT2D eigenvalue weighted by Gasteiger charge is -2.27. The van der Waals surface area contributed by atoms with Crippen LogP contribution >= 0.6 is 15.9 Å². The van der Waals surface area contributed by atoms with Crippen molar-refractivity contribution in [2.45, 2.75) is 44.1 Å². The van der Waals surface area contributed by atoms with E-state index in [1.165, 1.54) is 12.8 Å². The first-order chi connectivity index (χ1) is 10.1. The van der Waals surface area contributed by atoms with Crippen molar-refractivity contribution in [1.29, 1.82) is 0 Å². The van der Waals surface area contributed by atoms with Gasteiger partial charge in [-0.3, -0.25) is 4.79 Å². The van der Waals surface area contributed by atoms with Crippen LogP contribution in [0.5, 0.6) is 0 Å². The summed E-state index contributed by atoms with van der Waals surface area (Å²) in [4.78, 5) is 11.8. The molecule has 4 nitrogen and oxygen atoms in total. The molecule has 1 aliphatic rings. The van der Waals surface area contributed by atoms with Crippen molar-refractivity contribution in [3.8, 4) is 0 Å². The summed E-state index contributed by atoms with van der Waals surface area (Å²) < 4.78 is 6.52. The van der Waals surface area contributed by atoms with Gasteiger partial charge in [0.1, 0.15) is 6.61 Å². The van der Waals surface area contributed by atoms with E-state index in [1.54, 1.807) is 0 Å². The maximum absolute atomic E-state index is 11.8. The lowest BCUT2D eigenvalue weighted by molar-refractivity contribution is -0.121. The molecule has 0 aliphatic heterocycles. The number of halogens is 1. The molecule has 0 saturated heterocycles. The summed E-state index contributed by atoms with van der Waals surface area (Å²) in [5, 5.41) is 2.81. The van der Waals surface area contributed by atoms with Crippen LogP contribution in [0.25, 0.3) is 0 Å². The molecule has 3 N–H and O–H groups in total. The molecule has 1 aromatic carbocycles. The highest BCUT2D eigenvalue weighted by Gasteiger charge is 2.26. The molecule has 0 radical (unpaired) electrons. The summed E-state index contributed by atoms with van der Waals surface area (Å²) in [6.07, 6.45) is 6.80. The van der Waals surface area contributed by atoms with E-state index in [-0.39, 0.29) is 18.1 Å². The number of anilines is 1. The smallest absolute Gasteiger partial charge is 0.250 e. The second kappa shape index (κ2) is 7.92. The van der Waals surface area contributed by atoms with Gasteiger partial charge in [-0.2, -0.15) is 0 Å². The maximum Gasteiger partial charge on any atom is 0.250 e. The Morgan fingerprint density at radius 2 is 1.81 bits per heavy atom. The Morgan fingerprint density at radius 3 is 2.43 bits per heavy atom. The van der Waals surface area contributed by atoms with Gasteiger partial charge in [0.25, 0.3) is 0 Å². The summed E-state index contributed by atoms with van der Waals surface area (Å²) >= 11 is 3.36. The Kier molecular flexibility index (Phi) is 6.21. The third-order valence-electron chi connectivity index (χ3n) is 3.85. The molecule has 0 bridgehead atoms. The van der Waals surface area contributed by atoms with Crippen LogP contribution in [0.1, 0.15) is 38.5 Å².